The van der Waals surface area contributed by atoms with E-state index in [1.807, 2.05) is 6.92 Å². The zero-order valence-electron chi connectivity index (χ0n) is 5.40. The van der Waals surface area contributed by atoms with E-state index in [-0.39, 0.29) is 0 Å². The molecule has 0 aromatic heterocycles. The van der Waals surface area contributed by atoms with Gasteiger partial charge in [0.05, 0.1) is 17.5 Å². The van der Waals surface area contributed by atoms with E-state index in [0.717, 1.165) is 11.3 Å². The Morgan fingerprint density at radius 3 is 3.10 bits per heavy atom. The molecule has 0 amide bonds. The van der Waals surface area contributed by atoms with Crippen LogP contribution in [0.2, 0.25) is 0 Å². The number of hydrogen-bond donors (Lipinski definition) is 0. The molecule has 4 nitrogen and oxygen atoms in total. The third-order valence-corrected chi connectivity index (χ3v) is 1.38. The van der Waals surface area contributed by atoms with E-state index in [1.54, 1.807) is 12.4 Å². The summed E-state index contributed by atoms with van der Waals surface area (Å²) in [5, 5.41) is 7.14. The molecular weight excluding hydrogens is 130 g/mol. The van der Waals surface area contributed by atoms with Crippen LogP contribution in [0, 0.1) is 6.92 Å². The molecule has 2 aliphatic heterocycles. The summed E-state index contributed by atoms with van der Waals surface area (Å²) in [5.74, 6) is 0.688. The predicted molar refractivity (Wildman–Crippen MR) is 33.5 cm³/mol. The molecule has 0 spiro atoms. The van der Waals surface area contributed by atoms with Crippen LogP contribution in [0.5, 0.6) is 0 Å². The zero-order chi connectivity index (χ0) is 6.97. The molecule has 2 rings (SSSR count). The molecule has 0 atom stereocenters. The minimum atomic E-state index is 0.688. The minimum absolute atomic E-state index is 0.688. The van der Waals surface area contributed by atoms with Gasteiger partial charge in [0.25, 0.3) is 0 Å². The summed E-state index contributed by atoms with van der Waals surface area (Å²) >= 11 is 0. The second-order valence-electron chi connectivity index (χ2n) is 2.04. The van der Waals surface area contributed by atoms with Gasteiger partial charge in [-0.25, -0.2) is 0 Å². The molecule has 0 aliphatic carbocycles. The topological polar surface area (TPSA) is 51.8 Å². The van der Waals surface area contributed by atoms with Crippen LogP contribution in [0.1, 0.15) is 5.69 Å². The summed E-state index contributed by atoms with van der Waals surface area (Å²) in [6.45, 7) is 1.87. The van der Waals surface area contributed by atoms with Gasteiger partial charge in [-0.05, 0) is 6.92 Å². The van der Waals surface area contributed by atoms with Crippen molar-refractivity contribution < 1.29 is 4.52 Å². The Morgan fingerprint density at radius 1 is 1.40 bits per heavy atom. The van der Waals surface area contributed by atoms with Gasteiger partial charge < -0.3 is 4.52 Å². The summed E-state index contributed by atoms with van der Waals surface area (Å²) in [6.07, 6.45) is 3.33. The molecule has 0 radical (unpaired) electrons. The highest BCUT2D eigenvalue weighted by atomic mass is 16.5. The lowest BCUT2D eigenvalue weighted by Gasteiger charge is -1.94. The van der Waals surface area contributed by atoms with Gasteiger partial charge in [-0.15, -0.1) is 5.10 Å². The highest BCUT2D eigenvalue weighted by Gasteiger charge is 2.08. The first-order valence-corrected chi connectivity index (χ1v) is 2.90. The Hall–Kier alpha value is -1.45. The van der Waals surface area contributed by atoms with Crippen molar-refractivity contribution in [2.75, 3.05) is 0 Å². The van der Waals surface area contributed by atoms with Gasteiger partial charge in [0.2, 0.25) is 0 Å². The number of hydrogen-bond acceptors (Lipinski definition) is 4. The molecule has 2 aliphatic rings. The largest absolute Gasteiger partial charge is 0.337 e. The molecule has 0 saturated carbocycles. The Bertz CT molecular complexity index is 317. The summed E-state index contributed by atoms with van der Waals surface area (Å²) in [6, 6.07) is 0. The number of aromatic nitrogens is 3. The molecule has 2 heterocycles. The van der Waals surface area contributed by atoms with Crippen LogP contribution in [0.15, 0.2) is 16.9 Å². The van der Waals surface area contributed by atoms with Crippen LogP contribution >= 0.6 is 0 Å². The van der Waals surface area contributed by atoms with Gasteiger partial charge in [-0.1, -0.05) is 0 Å². The molecule has 0 aromatic rings. The highest BCUT2D eigenvalue weighted by Crippen LogP contribution is 2.20. The Labute approximate surface area is 57.2 Å². The smallest absolute Gasteiger partial charge is 0.188 e. The van der Waals surface area contributed by atoms with Gasteiger partial charge in [0.15, 0.2) is 5.76 Å². The lowest BCUT2D eigenvalue weighted by molar-refractivity contribution is 0.369. The first-order valence-electron chi connectivity index (χ1n) is 2.90. The maximum absolute atomic E-state index is 4.81. The molecule has 0 unspecified atom stereocenters. The molecule has 0 aromatic carbocycles. The van der Waals surface area contributed by atoms with Gasteiger partial charge in [0.1, 0.15) is 0 Å². The predicted octanol–water partition coefficient (Wildman–Crippen LogP) is 0.878. The van der Waals surface area contributed by atoms with Crippen LogP contribution in [0.25, 0.3) is 11.3 Å². The Balaban J connectivity index is 2.80. The maximum atomic E-state index is 4.81. The fraction of sp³-hybridized carbons (Fsp3) is 0.167. The van der Waals surface area contributed by atoms with E-state index in [2.05, 4.69) is 15.4 Å². The average molecular weight is 135 g/mol. The molecule has 0 bridgehead atoms. The second-order valence-corrected chi connectivity index (χ2v) is 2.04. The van der Waals surface area contributed by atoms with Gasteiger partial charge in [-0.3, -0.25) is 4.98 Å². The Morgan fingerprint density at radius 2 is 2.30 bits per heavy atom. The Kier molecular flexibility index (Phi) is 0.943. The van der Waals surface area contributed by atoms with Gasteiger partial charge in [-0.2, -0.15) is 0 Å². The van der Waals surface area contributed by atoms with E-state index in [1.165, 1.54) is 0 Å². The fourth-order valence-electron chi connectivity index (χ4n) is 0.837. The average Bonchev–Trinajstić information content (AvgIpc) is 2.36. The van der Waals surface area contributed by atoms with Crippen LogP contribution in [0.4, 0.5) is 0 Å². The third-order valence-electron chi connectivity index (χ3n) is 1.38. The molecular formula is C6H5N3O. The lowest BCUT2D eigenvalue weighted by atomic mass is 10.2. The number of rotatable bonds is 0. The first-order chi connectivity index (χ1) is 4.88. The van der Waals surface area contributed by atoms with E-state index in [4.69, 9.17) is 4.52 Å². The standard InChI is InChI=1S/C6H5N3O/c1-4-5-2-7-3-6(5)10-9-8-4/h2-3H,1H3. The van der Waals surface area contributed by atoms with Crippen molar-refractivity contribution in [1.82, 2.24) is 15.4 Å². The zero-order valence-corrected chi connectivity index (χ0v) is 5.40. The third kappa shape index (κ3) is 0.586. The van der Waals surface area contributed by atoms with E-state index in [9.17, 15) is 0 Å². The number of aryl methyl sites for hydroxylation is 1. The maximum Gasteiger partial charge on any atom is 0.188 e. The highest BCUT2D eigenvalue weighted by molar-refractivity contribution is 5.58. The van der Waals surface area contributed by atoms with Crippen molar-refractivity contribution in [2.24, 2.45) is 0 Å². The fourth-order valence-corrected chi connectivity index (χ4v) is 0.837. The minimum Gasteiger partial charge on any atom is -0.337 e. The molecule has 4 heteroatoms. The number of nitrogens with zero attached hydrogens (tertiary/aromatic N) is 3. The van der Waals surface area contributed by atoms with E-state index in [0.29, 0.717) is 5.76 Å². The van der Waals surface area contributed by atoms with Crippen molar-refractivity contribution in [1.29, 1.82) is 0 Å². The lowest BCUT2D eigenvalue weighted by Crippen LogP contribution is -1.88. The van der Waals surface area contributed by atoms with Crippen LogP contribution in [-0.2, 0) is 0 Å². The quantitative estimate of drug-likeness (QED) is 0.538. The normalized spacial score (nSPS) is 10.5. The van der Waals surface area contributed by atoms with Crippen molar-refractivity contribution in [3.63, 3.8) is 0 Å². The summed E-state index contributed by atoms with van der Waals surface area (Å²) < 4.78 is 4.81. The van der Waals surface area contributed by atoms with E-state index >= 15 is 0 Å². The first kappa shape index (κ1) is 5.34. The molecule has 10 heavy (non-hydrogen) atoms. The van der Waals surface area contributed by atoms with Crippen molar-refractivity contribution in [3.05, 3.63) is 18.1 Å². The molecule has 0 saturated heterocycles. The second kappa shape index (κ2) is 1.76. The van der Waals surface area contributed by atoms with Crippen LogP contribution in [-0.4, -0.2) is 15.4 Å². The number of fused-ring (bicyclic) bond motifs is 1. The molecule has 0 N–H and O–H groups in total. The van der Waals surface area contributed by atoms with E-state index < -0.39 is 0 Å². The SMILES string of the molecule is Cc1nnoc2cncc1-2. The molecule has 50 valence electrons. The van der Waals surface area contributed by atoms with Crippen LogP contribution < -0.4 is 0 Å². The van der Waals surface area contributed by atoms with Crippen LogP contribution in [0.3, 0.4) is 0 Å². The summed E-state index contributed by atoms with van der Waals surface area (Å²) in [4.78, 5) is 3.89. The van der Waals surface area contributed by atoms with Gasteiger partial charge in [0, 0.05) is 11.5 Å². The van der Waals surface area contributed by atoms with Crippen molar-refractivity contribution >= 4 is 0 Å². The van der Waals surface area contributed by atoms with Crippen molar-refractivity contribution in [3.8, 4) is 11.3 Å². The summed E-state index contributed by atoms with van der Waals surface area (Å²) in [7, 11) is 0. The van der Waals surface area contributed by atoms with Crippen molar-refractivity contribution in [2.45, 2.75) is 6.92 Å². The monoisotopic (exact) mass is 135 g/mol. The molecule has 0 fully saturated rings. The van der Waals surface area contributed by atoms with Gasteiger partial charge >= 0.3 is 0 Å². The summed E-state index contributed by atoms with van der Waals surface area (Å²) in [5.41, 5.74) is 1.77.